The van der Waals surface area contributed by atoms with Gasteiger partial charge in [-0.25, -0.2) is 8.78 Å². The van der Waals surface area contributed by atoms with E-state index in [0.29, 0.717) is 13.2 Å². The number of carbonyl (C=O) groups excluding carboxylic acids is 1. The summed E-state index contributed by atoms with van der Waals surface area (Å²) in [6.45, 7) is 0.785. The Hall–Kier alpha value is -0.750. The Morgan fingerprint density at radius 1 is 1.50 bits per heavy atom. The maximum Gasteiger partial charge on any atom is 0.262 e. The molecule has 2 rings (SSSR count). The Labute approximate surface area is 92.7 Å². The zero-order valence-corrected chi connectivity index (χ0v) is 8.97. The molecule has 2 heterocycles. The van der Waals surface area contributed by atoms with E-state index in [1.54, 1.807) is 0 Å². The van der Waals surface area contributed by atoms with Crippen LogP contribution in [0.1, 0.15) is 19.3 Å². The van der Waals surface area contributed by atoms with E-state index in [4.69, 9.17) is 4.74 Å². The Morgan fingerprint density at radius 2 is 2.31 bits per heavy atom. The highest BCUT2D eigenvalue weighted by Crippen LogP contribution is 2.25. The molecule has 2 saturated heterocycles. The van der Waals surface area contributed by atoms with Crippen molar-refractivity contribution in [3.63, 3.8) is 0 Å². The molecule has 2 aliphatic rings. The summed E-state index contributed by atoms with van der Waals surface area (Å²) >= 11 is 0. The minimum absolute atomic E-state index is 0.0303. The Morgan fingerprint density at radius 3 is 2.88 bits per heavy atom. The van der Waals surface area contributed by atoms with Crippen LogP contribution in [-0.2, 0) is 9.53 Å². The van der Waals surface area contributed by atoms with Crippen LogP contribution in [0.25, 0.3) is 0 Å². The van der Waals surface area contributed by atoms with E-state index in [-0.39, 0.29) is 11.9 Å². The number of alkyl halides is 2. The van der Waals surface area contributed by atoms with Crippen LogP contribution in [0, 0.1) is 0 Å². The molecule has 2 N–H and O–H groups in total. The number of nitrogens with one attached hydrogen (secondary N) is 2. The van der Waals surface area contributed by atoms with Gasteiger partial charge in [0, 0.05) is 13.0 Å². The molecule has 6 heteroatoms. The first-order valence-electron chi connectivity index (χ1n) is 5.56. The third-order valence-corrected chi connectivity index (χ3v) is 2.93. The van der Waals surface area contributed by atoms with Crippen molar-refractivity contribution in [3.05, 3.63) is 0 Å². The monoisotopic (exact) mass is 234 g/mol. The second-order valence-corrected chi connectivity index (χ2v) is 4.42. The number of hydrogen-bond donors (Lipinski definition) is 2. The van der Waals surface area contributed by atoms with Gasteiger partial charge in [-0.15, -0.1) is 0 Å². The normalized spacial score (nSPS) is 33.6. The van der Waals surface area contributed by atoms with Crippen molar-refractivity contribution in [2.75, 3.05) is 19.8 Å². The Balaban J connectivity index is 1.79. The average Bonchev–Trinajstić information content (AvgIpc) is 2.60. The lowest BCUT2D eigenvalue weighted by Crippen LogP contribution is -2.47. The standard InChI is InChI=1S/C10H16F2N2O2/c11-10(12)4-8(13-6-10)9(15)14-7-2-1-3-16-5-7/h7-8,13H,1-6H2,(H,14,15). The SMILES string of the molecule is O=C(NC1CCCOC1)C1CC(F)(F)CN1. The van der Waals surface area contributed by atoms with Crippen molar-refractivity contribution in [2.45, 2.75) is 37.3 Å². The molecule has 0 bridgehead atoms. The van der Waals surface area contributed by atoms with Gasteiger partial charge in [0.05, 0.1) is 25.2 Å². The third kappa shape index (κ3) is 2.89. The van der Waals surface area contributed by atoms with Gasteiger partial charge in [-0.2, -0.15) is 0 Å². The zero-order chi connectivity index (χ0) is 11.6. The molecule has 0 aliphatic carbocycles. The van der Waals surface area contributed by atoms with Crippen LogP contribution in [0.3, 0.4) is 0 Å². The lowest BCUT2D eigenvalue weighted by atomic mass is 10.1. The number of amides is 1. The number of carbonyl (C=O) groups is 1. The van der Waals surface area contributed by atoms with Crippen LogP contribution in [0.4, 0.5) is 8.78 Å². The summed E-state index contributed by atoms with van der Waals surface area (Å²) in [7, 11) is 0. The molecule has 2 atom stereocenters. The number of hydrogen-bond acceptors (Lipinski definition) is 3. The highest BCUT2D eigenvalue weighted by molar-refractivity contribution is 5.82. The fourth-order valence-corrected chi connectivity index (χ4v) is 2.06. The van der Waals surface area contributed by atoms with Gasteiger partial charge < -0.3 is 10.1 Å². The predicted molar refractivity (Wildman–Crippen MR) is 53.3 cm³/mol. The number of ether oxygens (including phenoxy) is 1. The van der Waals surface area contributed by atoms with Crippen LogP contribution < -0.4 is 10.6 Å². The minimum atomic E-state index is -2.76. The Bertz CT molecular complexity index is 268. The summed E-state index contributed by atoms with van der Waals surface area (Å²) in [4.78, 5) is 11.6. The van der Waals surface area contributed by atoms with Crippen molar-refractivity contribution in [1.82, 2.24) is 10.6 Å². The fraction of sp³-hybridized carbons (Fsp3) is 0.900. The summed E-state index contributed by atoms with van der Waals surface area (Å²) in [5, 5.41) is 5.27. The van der Waals surface area contributed by atoms with E-state index in [9.17, 15) is 13.6 Å². The minimum Gasteiger partial charge on any atom is -0.379 e. The van der Waals surface area contributed by atoms with Gasteiger partial charge in [0.25, 0.3) is 5.92 Å². The lowest BCUT2D eigenvalue weighted by molar-refractivity contribution is -0.125. The molecule has 92 valence electrons. The van der Waals surface area contributed by atoms with Crippen molar-refractivity contribution >= 4 is 5.91 Å². The van der Waals surface area contributed by atoms with Gasteiger partial charge in [0.2, 0.25) is 5.91 Å². The summed E-state index contributed by atoms with van der Waals surface area (Å²) in [5.41, 5.74) is 0. The molecule has 2 aliphatic heterocycles. The largest absolute Gasteiger partial charge is 0.379 e. The average molecular weight is 234 g/mol. The molecule has 0 radical (unpaired) electrons. The van der Waals surface area contributed by atoms with Gasteiger partial charge in [-0.1, -0.05) is 0 Å². The summed E-state index contributed by atoms with van der Waals surface area (Å²) in [6.07, 6.45) is 1.35. The van der Waals surface area contributed by atoms with E-state index in [0.717, 1.165) is 12.8 Å². The summed E-state index contributed by atoms with van der Waals surface area (Å²) in [5.74, 6) is -3.10. The van der Waals surface area contributed by atoms with Gasteiger partial charge in [0.1, 0.15) is 0 Å². The van der Waals surface area contributed by atoms with E-state index in [1.807, 2.05) is 0 Å². The maximum absolute atomic E-state index is 12.9. The fourth-order valence-electron chi connectivity index (χ4n) is 2.06. The first-order valence-corrected chi connectivity index (χ1v) is 5.56. The molecule has 2 fully saturated rings. The molecule has 2 unspecified atom stereocenters. The smallest absolute Gasteiger partial charge is 0.262 e. The second-order valence-electron chi connectivity index (χ2n) is 4.42. The Kier molecular flexibility index (Phi) is 3.39. The van der Waals surface area contributed by atoms with E-state index >= 15 is 0 Å². The van der Waals surface area contributed by atoms with Crippen molar-refractivity contribution < 1.29 is 18.3 Å². The van der Waals surface area contributed by atoms with Gasteiger partial charge in [0.15, 0.2) is 0 Å². The van der Waals surface area contributed by atoms with Crippen LogP contribution in [0.15, 0.2) is 0 Å². The molecule has 0 aromatic rings. The highest BCUT2D eigenvalue weighted by Gasteiger charge is 2.42. The van der Waals surface area contributed by atoms with Crippen molar-refractivity contribution in [2.24, 2.45) is 0 Å². The highest BCUT2D eigenvalue weighted by atomic mass is 19.3. The number of rotatable bonds is 2. The molecule has 1 amide bonds. The molecule has 0 spiro atoms. The molecular weight excluding hydrogens is 218 g/mol. The van der Waals surface area contributed by atoms with Gasteiger partial charge in [-0.3, -0.25) is 10.1 Å². The first-order chi connectivity index (χ1) is 7.57. The molecule has 0 aromatic carbocycles. The third-order valence-electron chi connectivity index (χ3n) is 2.93. The maximum atomic E-state index is 12.9. The van der Waals surface area contributed by atoms with E-state index in [1.165, 1.54) is 0 Å². The molecular formula is C10H16F2N2O2. The van der Waals surface area contributed by atoms with Gasteiger partial charge >= 0.3 is 0 Å². The molecule has 0 saturated carbocycles. The van der Waals surface area contributed by atoms with Crippen molar-refractivity contribution in [1.29, 1.82) is 0 Å². The van der Waals surface area contributed by atoms with Crippen molar-refractivity contribution in [3.8, 4) is 0 Å². The summed E-state index contributed by atoms with van der Waals surface area (Å²) in [6, 6.07) is -0.797. The first kappa shape index (κ1) is 11.7. The lowest BCUT2D eigenvalue weighted by Gasteiger charge is -2.24. The van der Waals surface area contributed by atoms with Crippen LogP contribution >= 0.6 is 0 Å². The van der Waals surface area contributed by atoms with Crippen LogP contribution in [0.2, 0.25) is 0 Å². The topological polar surface area (TPSA) is 50.4 Å². The number of halogens is 2. The quantitative estimate of drug-likeness (QED) is 0.721. The van der Waals surface area contributed by atoms with Gasteiger partial charge in [-0.05, 0) is 12.8 Å². The molecule has 16 heavy (non-hydrogen) atoms. The molecule has 4 nitrogen and oxygen atoms in total. The van der Waals surface area contributed by atoms with Crippen LogP contribution in [0.5, 0.6) is 0 Å². The predicted octanol–water partition coefficient (Wildman–Crippen LogP) is 0.279. The molecule has 0 aromatic heterocycles. The van der Waals surface area contributed by atoms with Crippen LogP contribution in [-0.4, -0.2) is 43.7 Å². The van der Waals surface area contributed by atoms with E-state index < -0.39 is 24.9 Å². The summed E-state index contributed by atoms with van der Waals surface area (Å²) < 4.78 is 30.9. The second kappa shape index (κ2) is 4.63. The van der Waals surface area contributed by atoms with E-state index in [2.05, 4.69) is 10.6 Å². The zero-order valence-electron chi connectivity index (χ0n) is 8.97.